The summed E-state index contributed by atoms with van der Waals surface area (Å²) in [5.74, 6) is -0.664. The summed E-state index contributed by atoms with van der Waals surface area (Å²) in [6, 6.07) is -0.580. The van der Waals surface area contributed by atoms with Gasteiger partial charge in [-0.15, -0.1) is 0 Å². The molecular formula is C11H17N3O4. The highest BCUT2D eigenvalue weighted by atomic mass is 16.3. The summed E-state index contributed by atoms with van der Waals surface area (Å²) in [5.41, 5.74) is 0. The van der Waals surface area contributed by atoms with E-state index in [4.69, 9.17) is 5.11 Å². The van der Waals surface area contributed by atoms with Crippen LogP contribution in [0.3, 0.4) is 0 Å². The first-order chi connectivity index (χ1) is 8.61. The average molecular weight is 255 g/mol. The second-order valence-corrected chi connectivity index (χ2v) is 4.69. The number of carbonyl (C=O) groups excluding carboxylic acids is 3. The zero-order valence-corrected chi connectivity index (χ0v) is 10.0. The van der Waals surface area contributed by atoms with E-state index in [-0.39, 0.29) is 43.5 Å². The Kier molecular flexibility index (Phi) is 3.81. The number of aliphatic hydroxyl groups excluding tert-OH is 1. The molecule has 7 nitrogen and oxygen atoms in total. The Morgan fingerprint density at radius 1 is 1.44 bits per heavy atom. The van der Waals surface area contributed by atoms with Crippen LogP contribution in [0.2, 0.25) is 0 Å². The maximum atomic E-state index is 11.7. The highest BCUT2D eigenvalue weighted by Crippen LogP contribution is 2.24. The van der Waals surface area contributed by atoms with Crippen LogP contribution in [0.25, 0.3) is 0 Å². The molecule has 4 amide bonds. The van der Waals surface area contributed by atoms with Crippen LogP contribution in [0.5, 0.6) is 0 Å². The number of rotatable bonds is 4. The van der Waals surface area contributed by atoms with E-state index in [0.717, 1.165) is 24.2 Å². The number of hydrogen-bond acceptors (Lipinski definition) is 4. The van der Waals surface area contributed by atoms with E-state index in [9.17, 15) is 14.4 Å². The summed E-state index contributed by atoms with van der Waals surface area (Å²) < 4.78 is 0. The predicted octanol–water partition coefficient (Wildman–Crippen LogP) is -1.18. The molecule has 2 unspecified atom stereocenters. The molecule has 7 heteroatoms. The van der Waals surface area contributed by atoms with Crippen LogP contribution in [-0.2, 0) is 9.59 Å². The van der Waals surface area contributed by atoms with Crippen molar-refractivity contribution >= 4 is 17.8 Å². The Labute approximate surface area is 105 Å². The lowest BCUT2D eigenvalue weighted by atomic mass is 10.1. The summed E-state index contributed by atoms with van der Waals surface area (Å²) >= 11 is 0. The van der Waals surface area contributed by atoms with Crippen molar-refractivity contribution < 1.29 is 19.5 Å². The first-order valence-electron chi connectivity index (χ1n) is 6.10. The molecule has 0 aromatic rings. The molecule has 2 atom stereocenters. The van der Waals surface area contributed by atoms with Crippen molar-refractivity contribution in [3.63, 3.8) is 0 Å². The topological polar surface area (TPSA) is 98.7 Å². The second-order valence-electron chi connectivity index (χ2n) is 4.69. The normalized spacial score (nSPS) is 27.5. The van der Waals surface area contributed by atoms with E-state index in [2.05, 4.69) is 10.6 Å². The SMILES string of the molecule is O=C(CN1C(=O)CNC1=O)NC1CCCC1CO. The maximum absolute atomic E-state index is 11.7. The molecule has 0 aromatic heterocycles. The van der Waals surface area contributed by atoms with Gasteiger partial charge in [-0.3, -0.25) is 14.5 Å². The number of nitrogens with zero attached hydrogens (tertiary/aromatic N) is 1. The highest BCUT2D eigenvalue weighted by molar-refractivity contribution is 6.04. The Balaban J connectivity index is 1.85. The minimum absolute atomic E-state index is 0.0468. The molecule has 3 N–H and O–H groups in total. The quantitative estimate of drug-likeness (QED) is 0.550. The van der Waals surface area contributed by atoms with Crippen molar-refractivity contribution in [2.45, 2.75) is 25.3 Å². The third-order valence-electron chi connectivity index (χ3n) is 3.48. The number of nitrogens with one attached hydrogen (secondary N) is 2. The molecule has 1 saturated carbocycles. The van der Waals surface area contributed by atoms with E-state index in [1.54, 1.807) is 0 Å². The summed E-state index contributed by atoms with van der Waals surface area (Å²) in [5, 5.41) is 14.3. The minimum atomic E-state index is -0.528. The van der Waals surface area contributed by atoms with Crippen molar-refractivity contribution in [1.82, 2.24) is 15.5 Å². The van der Waals surface area contributed by atoms with Gasteiger partial charge < -0.3 is 15.7 Å². The average Bonchev–Trinajstić information content (AvgIpc) is 2.90. The fourth-order valence-corrected chi connectivity index (χ4v) is 2.46. The van der Waals surface area contributed by atoms with E-state index in [1.165, 1.54) is 0 Å². The summed E-state index contributed by atoms with van der Waals surface area (Å²) in [6.07, 6.45) is 2.70. The first kappa shape index (κ1) is 12.8. The van der Waals surface area contributed by atoms with Crippen LogP contribution < -0.4 is 10.6 Å². The Morgan fingerprint density at radius 2 is 2.22 bits per heavy atom. The smallest absolute Gasteiger partial charge is 0.325 e. The Morgan fingerprint density at radius 3 is 2.83 bits per heavy atom. The standard InChI is InChI=1S/C11H17N3O4/c15-6-7-2-1-3-8(7)13-9(16)5-14-10(17)4-12-11(14)18/h7-8,15H,1-6H2,(H,12,18)(H,13,16). The van der Waals surface area contributed by atoms with E-state index < -0.39 is 6.03 Å². The molecule has 0 spiro atoms. The van der Waals surface area contributed by atoms with Gasteiger partial charge in [-0.25, -0.2) is 4.79 Å². The summed E-state index contributed by atoms with van der Waals surface area (Å²) in [4.78, 5) is 35.2. The van der Waals surface area contributed by atoms with E-state index in [0.29, 0.717) is 0 Å². The Hall–Kier alpha value is -1.63. The largest absolute Gasteiger partial charge is 0.396 e. The molecule has 18 heavy (non-hydrogen) atoms. The molecule has 2 rings (SSSR count). The van der Waals surface area contributed by atoms with Gasteiger partial charge in [-0.1, -0.05) is 6.42 Å². The fraction of sp³-hybridized carbons (Fsp3) is 0.727. The highest BCUT2D eigenvalue weighted by Gasteiger charge is 2.32. The number of amides is 4. The molecule has 1 saturated heterocycles. The third-order valence-corrected chi connectivity index (χ3v) is 3.48. The second kappa shape index (κ2) is 5.34. The minimum Gasteiger partial charge on any atom is -0.396 e. The molecular weight excluding hydrogens is 238 g/mol. The maximum Gasteiger partial charge on any atom is 0.325 e. The molecule has 1 heterocycles. The van der Waals surface area contributed by atoms with Crippen molar-refractivity contribution in [3.8, 4) is 0 Å². The number of imide groups is 1. The first-order valence-corrected chi connectivity index (χ1v) is 6.10. The lowest BCUT2D eigenvalue weighted by Crippen LogP contribution is -2.45. The molecule has 0 aromatic carbocycles. The molecule has 1 aliphatic heterocycles. The summed E-state index contributed by atoms with van der Waals surface area (Å²) in [7, 11) is 0. The van der Waals surface area contributed by atoms with Crippen LogP contribution in [0.1, 0.15) is 19.3 Å². The van der Waals surface area contributed by atoms with E-state index >= 15 is 0 Å². The third kappa shape index (κ3) is 2.61. The van der Waals surface area contributed by atoms with Crippen LogP contribution in [-0.4, -0.2) is 53.6 Å². The zero-order chi connectivity index (χ0) is 13.1. The molecule has 2 fully saturated rings. The predicted molar refractivity (Wildman–Crippen MR) is 61.5 cm³/mol. The van der Waals surface area contributed by atoms with Crippen molar-refractivity contribution in [1.29, 1.82) is 0 Å². The van der Waals surface area contributed by atoms with Crippen molar-refractivity contribution in [2.75, 3.05) is 19.7 Å². The number of hydrogen-bond donors (Lipinski definition) is 3. The monoisotopic (exact) mass is 255 g/mol. The van der Waals surface area contributed by atoms with Gasteiger partial charge in [0.1, 0.15) is 6.54 Å². The Bertz CT molecular complexity index is 355. The van der Waals surface area contributed by atoms with Crippen LogP contribution in [0, 0.1) is 5.92 Å². The van der Waals surface area contributed by atoms with Gasteiger partial charge in [0, 0.05) is 18.6 Å². The van der Waals surface area contributed by atoms with Gasteiger partial charge in [-0.05, 0) is 12.8 Å². The number of urea groups is 1. The van der Waals surface area contributed by atoms with Gasteiger partial charge >= 0.3 is 6.03 Å². The van der Waals surface area contributed by atoms with Crippen LogP contribution in [0.15, 0.2) is 0 Å². The van der Waals surface area contributed by atoms with Crippen LogP contribution >= 0.6 is 0 Å². The van der Waals surface area contributed by atoms with Gasteiger partial charge in [-0.2, -0.15) is 0 Å². The number of carbonyl (C=O) groups is 3. The van der Waals surface area contributed by atoms with E-state index in [1.807, 2.05) is 0 Å². The van der Waals surface area contributed by atoms with Crippen LogP contribution in [0.4, 0.5) is 4.79 Å². The fourth-order valence-electron chi connectivity index (χ4n) is 2.46. The molecule has 2 aliphatic rings. The van der Waals surface area contributed by atoms with Gasteiger partial charge in [0.05, 0.1) is 6.54 Å². The zero-order valence-electron chi connectivity index (χ0n) is 10.0. The molecule has 100 valence electrons. The molecule has 1 aliphatic carbocycles. The lowest BCUT2D eigenvalue weighted by molar-refractivity contribution is -0.131. The van der Waals surface area contributed by atoms with Gasteiger partial charge in [0.15, 0.2) is 0 Å². The summed E-state index contributed by atoms with van der Waals surface area (Å²) in [6.45, 7) is -0.248. The molecule has 0 bridgehead atoms. The van der Waals surface area contributed by atoms with Crippen molar-refractivity contribution in [3.05, 3.63) is 0 Å². The van der Waals surface area contributed by atoms with Crippen molar-refractivity contribution in [2.24, 2.45) is 5.92 Å². The number of aliphatic hydroxyl groups is 1. The lowest BCUT2D eigenvalue weighted by Gasteiger charge is -2.20. The van der Waals surface area contributed by atoms with Gasteiger partial charge in [0.25, 0.3) is 5.91 Å². The van der Waals surface area contributed by atoms with Gasteiger partial charge in [0.2, 0.25) is 5.91 Å². The molecule has 0 radical (unpaired) electrons.